The van der Waals surface area contributed by atoms with Crippen molar-refractivity contribution in [1.29, 1.82) is 0 Å². The van der Waals surface area contributed by atoms with Crippen LogP contribution in [0.4, 0.5) is 0 Å². The molecule has 2 rings (SSSR count). The second-order valence-electron chi connectivity index (χ2n) is 4.49. The zero-order chi connectivity index (χ0) is 15.1. The molecule has 20 heavy (non-hydrogen) atoms. The summed E-state index contributed by atoms with van der Waals surface area (Å²) in [6.45, 7) is 1.33. The summed E-state index contributed by atoms with van der Waals surface area (Å²) < 4.78 is 5.84. The van der Waals surface area contributed by atoms with Gasteiger partial charge in [0.25, 0.3) is 5.56 Å². The molecule has 108 valence electrons. The molecule has 0 bridgehead atoms. The summed E-state index contributed by atoms with van der Waals surface area (Å²) in [4.78, 5) is 24.5. The standard InChI is InChI=1S/C11H13N3O6/c1-3-11(19)8(17)7(5(2)15)20-9(11)14-10(18)13-6(16)4-12-14/h1,4-5,7-9,15,17,19H,2H3,(H,13,16,18)/t5-,7+,8-,9+,11?/m0/s1. The van der Waals surface area contributed by atoms with Gasteiger partial charge in [0.2, 0.25) is 5.60 Å². The molecule has 1 aromatic rings. The van der Waals surface area contributed by atoms with Crippen LogP contribution in [0.2, 0.25) is 0 Å². The van der Waals surface area contributed by atoms with Gasteiger partial charge in [0.05, 0.1) is 6.10 Å². The monoisotopic (exact) mass is 283 g/mol. The molecule has 0 saturated carbocycles. The number of terminal acetylenes is 1. The molecule has 0 amide bonds. The molecule has 9 heteroatoms. The Morgan fingerprint density at radius 2 is 2.30 bits per heavy atom. The van der Waals surface area contributed by atoms with Crippen molar-refractivity contribution in [2.24, 2.45) is 0 Å². The van der Waals surface area contributed by atoms with Crippen LogP contribution in [-0.4, -0.2) is 54.0 Å². The van der Waals surface area contributed by atoms with Gasteiger partial charge in [-0.25, -0.2) is 4.79 Å². The highest BCUT2D eigenvalue weighted by molar-refractivity contribution is 5.19. The van der Waals surface area contributed by atoms with Gasteiger partial charge < -0.3 is 20.1 Å². The van der Waals surface area contributed by atoms with Crippen molar-refractivity contribution in [2.45, 2.75) is 37.1 Å². The van der Waals surface area contributed by atoms with Gasteiger partial charge in [0.15, 0.2) is 6.23 Å². The number of rotatable bonds is 2. The second-order valence-corrected chi connectivity index (χ2v) is 4.49. The summed E-state index contributed by atoms with van der Waals surface area (Å²) in [5, 5.41) is 33.3. The van der Waals surface area contributed by atoms with Gasteiger partial charge in [0, 0.05) is 0 Å². The van der Waals surface area contributed by atoms with Crippen molar-refractivity contribution in [3.8, 4) is 12.3 Å². The molecule has 2 heterocycles. The summed E-state index contributed by atoms with van der Waals surface area (Å²) in [7, 11) is 0. The van der Waals surface area contributed by atoms with Gasteiger partial charge in [-0.15, -0.1) is 6.42 Å². The first-order valence-corrected chi connectivity index (χ1v) is 5.71. The van der Waals surface area contributed by atoms with Gasteiger partial charge >= 0.3 is 5.69 Å². The van der Waals surface area contributed by atoms with E-state index in [1.165, 1.54) is 6.92 Å². The zero-order valence-electron chi connectivity index (χ0n) is 10.4. The van der Waals surface area contributed by atoms with Gasteiger partial charge in [-0.3, -0.25) is 9.78 Å². The van der Waals surface area contributed by atoms with Gasteiger partial charge in [-0.05, 0) is 6.92 Å². The molecular weight excluding hydrogens is 270 g/mol. The van der Waals surface area contributed by atoms with Crippen LogP contribution in [0.3, 0.4) is 0 Å². The summed E-state index contributed by atoms with van der Waals surface area (Å²) >= 11 is 0. The van der Waals surface area contributed by atoms with Crippen LogP contribution in [0, 0.1) is 12.3 Å². The number of aromatic nitrogens is 3. The molecular formula is C11H13N3O6. The molecule has 1 aromatic heterocycles. The lowest BCUT2D eigenvalue weighted by molar-refractivity contribution is -0.0947. The number of H-pyrrole nitrogens is 1. The second kappa shape index (κ2) is 4.84. The number of nitrogens with one attached hydrogen (secondary N) is 1. The summed E-state index contributed by atoms with van der Waals surface area (Å²) in [6, 6.07) is 0. The van der Waals surface area contributed by atoms with Crippen LogP contribution in [0.5, 0.6) is 0 Å². The first-order chi connectivity index (χ1) is 9.31. The minimum absolute atomic E-state index is 0.604. The van der Waals surface area contributed by atoms with E-state index in [2.05, 4.69) is 5.10 Å². The highest BCUT2D eigenvalue weighted by Crippen LogP contribution is 2.38. The molecule has 9 nitrogen and oxygen atoms in total. The quantitative estimate of drug-likeness (QED) is 0.423. The predicted molar refractivity (Wildman–Crippen MR) is 64.5 cm³/mol. The average molecular weight is 283 g/mol. The fourth-order valence-electron chi connectivity index (χ4n) is 2.03. The Morgan fingerprint density at radius 1 is 1.65 bits per heavy atom. The molecule has 0 radical (unpaired) electrons. The summed E-state index contributed by atoms with van der Waals surface area (Å²) in [6.07, 6.45) is 0.473. The molecule has 0 aromatic carbocycles. The van der Waals surface area contributed by atoms with E-state index in [4.69, 9.17) is 11.2 Å². The average Bonchev–Trinajstić information content (AvgIpc) is 2.64. The van der Waals surface area contributed by atoms with Crippen LogP contribution >= 0.6 is 0 Å². The van der Waals surface area contributed by atoms with Gasteiger partial charge in [-0.2, -0.15) is 9.78 Å². The Morgan fingerprint density at radius 3 is 2.80 bits per heavy atom. The smallest absolute Gasteiger partial charge is 0.347 e. The maximum atomic E-state index is 11.7. The molecule has 1 aliphatic rings. The largest absolute Gasteiger partial charge is 0.391 e. The van der Waals surface area contributed by atoms with E-state index < -0.39 is 41.4 Å². The Bertz CT molecular complexity index is 659. The fourth-order valence-corrected chi connectivity index (χ4v) is 2.03. The molecule has 1 unspecified atom stereocenters. The normalized spacial score (nSPS) is 34.6. The lowest BCUT2D eigenvalue weighted by atomic mass is 9.93. The van der Waals surface area contributed by atoms with Crippen LogP contribution in [0.25, 0.3) is 0 Å². The zero-order valence-corrected chi connectivity index (χ0v) is 10.4. The van der Waals surface area contributed by atoms with Gasteiger partial charge in [-0.1, -0.05) is 5.92 Å². The van der Waals surface area contributed by atoms with Crippen LogP contribution < -0.4 is 11.2 Å². The van der Waals surface area contributed by atoms with Gasteiger partial charge in [0.1, 0.15) is 18.4 Å². The Hall–Kier alpha value is -1.99. The number of ether oxygens (including phenoxy) is 1. The molecule has 1 saturated heterocycles. The summed E-state index contributed by atoms with van der Waals surface area (Å²) in [5.74, 6) is 1.94. The van der Waals surface area contributed by atoms with Crippen molar-refractivity contribution in [3.05, 3.63) is 27.0 Å². The third-order valence-corrected chi connectivity index (χ3v) is 3.09. The molecule has 4 N–H and O–H groups in total. The van der Waals surface area contributed by atoms with E-state index in [0.717, 1.165) is 6.20 Å². The third-order valence-electron chi connectivity index (χ3n) is 3.09. The van der Waals surface area contributed by atoms with Crippen molar-refractivity contribution >= 4 is 0 Å². The highest BCUT2D eigenvalue weighted by Gasteiger charge is 2.57. The number of hydrogen-bond acceptors (Lipinski definition) is 7. The van der Waals surface area contributed by atoms with Crippen molar-refractivity contribution in [1.82, 2.24) is 14.8 Å². The fraction of sp³-hybridized carbons (Fsp3) is 0.545. The molecule has 1 aliphatic heterocycles. The molecule has 0 aliphatic carbocycles. The van der Waals surface area contributed by atoms with E-state index in [9.17, 15) is 24.9 Å². The molecule has 1 fully saturated rings. The number of hydrogen-bond donors (Lipinski definition) is 4. The van der Waals surface area contributed by atoms with E-state index in [0.29, 0.717) is 4.68 Å². The Kier molecular flexibility index (Phi) is 3.49. The van der Waals surface area contributed by atoms with Crippen LogP contribution in [0.15, 0.2) is 15.8 Å². The maximum Gasteiger partial charge on any atom is 0.347 e. The first-order valence-electron chi connectivity index (χ1n) is 5.71. The minimum atomic E-state index is -2.27. The first kappa shape index (κ1) is 14.4. The number of aromatic amines is 1. The van der Waals surface area contributed by atoms with Crippen LogP contribution in [0.1, 0.15) is 13.2 Å². The topological polar surface area (TPSA) is 138 Å². The molecule has 0 spiro atoms. The lowest BCUT2D eigenvalue weighted by Gasteiger charge is -2.25. The maximum absolute atomic E-state index is 11.7. The predicted octanol–water partition coefficient (Wildman–Crippen LogP) is -3.07. The van der Waals surface area contributed by atoms with Crippen molar-refractivity contribution < 1.29 is 20.1 Å². The number of nitrogens with zero attached hydrogens (tertiary/aromatic N) is 2. The summed E-state index contributed by atoms with van der Waals surface area (Å²) in [5.41, 5.74) is -3.97. The van der Waals surface area contributed by atoms with E-state index in [1.807, 2.05) is 10.9 Å². The molecule has 5 atom stereocenters. The number of aliphatic hydroxyl groups is 3. The van der Waals surface area contributed by atoms with E-state index >= 15 is 0 Å². The Labute approximate surface area is 112 Å². The lowest BCUT2D eigenvalue weighted by Crippen LogP contribution is -2.49. The van der Waals surface area contributed by atoms with E-state index in [-0.39, 0.29) is 0 Å². The van der Waals surface area contributed by atoms with E-state index in [1.54, 1.807) is 0 Å². The highest BCUT2D eigenvalue weighted by atomic mass is 16.6. The van der Waals surface area contributed by atoms with Crippen molar-refractivity contribution in [2.75, 3.05) is 0 Å². The third kappa shape index (κ3) is 2.04. The number of aliphatic hydroxyl groups excluding tert-OH is 2. The minimum Gasteiger partial charge on any atom is -0.391 e. The SMILES string of the molecule is C#CC1(O)[C@@H](O)[C@@H]([C@H](C)O)O[C@H]1n1ncc(=O)[nH]c1=O. The Balaban J connectivity index is 2.53. The van der Waals surface area contributed by atoms with Crippen molar-refractivity contribution in [3.63, 3.8) is 0 Å². The van der Waals surface area contributed by atoms with Crippen LogP contribution in [-0.2, 0) is 4.74 Å².